The molecule has 1 unspecified atom stereocenters. The second-order valence-corrected chi connectivity index (χ2v) is 7.80. The molecule has 0 aliphatic heterocycles. The highest BCUT2D eigenvalue weighted by Gasteiger charge is 2.42. The van der Waals surface area contributed by atoms with Gasteiger partial charge in [0, 0.05) is 18.3 Å². The lowest BCUT2D eigenvalue weighted by molar-refractivity contribution is -0.104. The number of aryl methyl sites for hydroxylation is 2. The number of hydrogen-bond donors (Lipinski definition) is 1. The van der Waals surface area contributed by atoms with Gasteiger partial charge in [-0.2, -0.15) is 0 Å². The van der Waals surface area contributed by atoms with Crippen molar-refractivity contribution in [2.24, 2.45) is 0 Å². The molecule has 1 aromatic heterocycles. The van der Waals surface area contributed by atoms with Crippen LogP contribution in [0.1, 0.15) is 23.2 Å². The average molecular weight is 341 g/mol. The Hall–Kier alpha value is -1.73. The van der Waals surface area contributed by atoms with Crippen LogP contribution in [0.3, 0.4) is 0 Å². The van der Waals surface area contributed by atoms with Gasteiger partial charge in [-0.15, -0.1) is 0 Å². The number of halogens is 2. The molecule has 7 heteroatoms. The van der Waals surface area contributed by atoms with Crippen molar-refractivity contribution in [3.8, 4) is 0 Å². The Balaban J connectivity index is 2.06. The van der Waals surface area contributed by atoms with E-state index in [1.54, 1.807) is 18.2 Å². The summed E-state index contributed by atoms with van der Waals surface area (Å²) in [5.74, 6) is 0. The van der Waals surface area contributed by atoms with E-state index in [9.17, 15) is 22.3 Å². The molecular weight excluding hydrogens is 324 g/mol. The minimum absolute atomic E-state index is 0.0771. The van der Waals surface area contributed by atoms with Crippen molar-refractivity contribution in [1.29, 1.82) is 0 Å². The third-order valence-corrected chi connectivity index (χ3v) is 6.06. The van der Waals surface area contributed by atoms with Crippen LogP contribution in [0, 0.1) is 6.92 Å². The van der Waals surface area contributed by atoms with Crippen LogP contribution in [0.2, 0.25) is 0 Å². The largest absolute Gasteiger partial charge is 0.384 e. The number of hydrogen-bond acceptors (Lipinski definition) is 3. The van der Waals surface area contributed by atoms with Gasteiger partial charge >= 0.3 is 0 Å². The van der Waals surface area contributed by atoms with E-state index in [0.717, 1.165) is 9.54 Å². The maximum atomic E-state index is 13.1. The van der Waals surface area contributed by atoms with Crippen molar-refractivity contribution < 1.29 is 22.3 Å². The third-order valence-electron chi connectivity index (χ3n) is 4.33. The summed E-state index contributed by atoms with van der Waals surface area (Å²) in [5, 5.41) is 10.1. The van der Waals surface area contributed by atoms with Gasteiger partial charge in [-0.3, -0.25) is 0 Å². The van der Waals surface area contributed by atoms with Crippen molar-refractivity contribution >= 4 is 10.0 Å². The van der Waals surface area contributed by atoms with Gasteiger partial charge in [0.05, 0.1) is 4.90 Å². The summed E-state index contributed by atoms with van der Waals surface area (Å²) < 4.78 is 52.7. The first-order valence-corrected chi connectivity index (χ1v) is 8.70. The van der Waals surface area contributed by atoms with Crippen LogP contribution in [0.25, 0.3) is 0 Å². The van der Waals surface area contributed by atoms with Crippen molar-refractivity contribution in [3.63, 3.8) is 0 Å². The zero-order valence-corrected chi connectivity index (χ0v) is 13.4. The van der Waals surface area contributed by atoms with E-state index in [-0.39, 0.29) is 29.9 Å². The molecule has 0 spiro atoms. The predicted molar refractivity (Wildman–Crippen MR) is 81.2 cm³/mol. The normalized spacial score (nSPS) is 21.4. The van der Waals surface area contributed by atoms with Crippen molar-refractivity contribution in [2.75, 3.05) is 0 Å². The van der Waals surface area contributed by atoms with Crippen molar-refractivity contribution in [1.82, 2.24) is 3.97 Å². The fourth-order valence-electron chi connectivity index (χ4n) is 2.87. The molecule has 0 saturated carbocycles. The molecule has 1 aliphatic rings. The second-order valence-electron chi connectivity index (χ2n) is 5.98. The number of rotatable bonds is 3. The summed E-state index contributed by atoms with van der Waals surface area (Å²) in [4.78, 5) is 0.0904. The number of aromatic nitrogens is 1. The van der Waals surface area contributed by atoms with Gasteiger partial charge in [0.25, 0.3) is 16.4 Å². The molecule has 3 rings (SSSR count). The smallest absolute Gasteiger partial charge is 0.267 e. The van der Waals surface area contributed by atoms with Crippen molar-refractivity contribution in [2.45, 2.75) is 43.1 Å². The Kier molecular flexibility index (Phi) is 3.80. The molecule has 23 heavy (non-hydrogen) atoms. The molecule has 1 heterocycles. The minimum Gasteiger partial charge on any atom is -0.384 e. The van der Waals surface area contributed by atoms with Crippen LogP contribution in [0.4, 0.5) is 8.78 Å². The summed E-state index contributed by atoms with van der Waals surface area (Å²) in [6.45, 7) is 1.84. The molecule has 1 atom stereocenters. The molecule has 124 valence electrons. The Bertz CT molecular complexity index is 828. The highest BCUT2D eigenvalue weighted by molar-refractivity contribution is 7.90. The summed E-state index contributed by atoms with van der Waals surface area (Å²) in [6.07, 6.45) is -1.77. The molecule has 0 fully saturated rings. The molecule has 2 aromatic rings. The topological polar surface area (TPSA) is 59.3 Å². The standard InChI is InChI=1S/C16H17F2NO3S/c1-11-2-4-13(5-3-11)23(21,22)19-9-7-12-6-8-16(20,15(17)18)10-14(12)19/h2-5,7,9,15,20H,6,8,10H2,1H3. The van der Waals surface area contributed by atoms with E-state index in [0.29, 0.717) is 5.56 Å². The first-order chi connectivity index (χ1) is 10.7. The summed E-state index contributed by atoms with van der Waals surface area (Å²) in [7, 11) is -3.87. The average Bonchev–Trinajstić information content (AvgIpc) is 2.91. The van der Waals surface area contributed by atoms with Crippen LogP contribution in [-0.2, 0) is 22.9 Å². The van der Waals surface area contributed by atoms with Gasteiger partial charge in [0.2, 0.25) is 0 Å². The lowest BCUT2D eigenvalue weighted by Gasteiger charge is -2.32. The van der Waals surface area contributed by atoms with E-state index in [1.165, 1.54) is 18.3 Å². The maximum Gasteiger partial charge on any atom is 0.267 e. The fourth-order valence-corrected chi connectivity index (χ4v) is 4.27. The number of alkyl halides is 2. The molecule has 0 radical (unpaired) electrons. The van der Waals surface area contributed by atoms with Gasteiger partial charge < -0.3 is 5.11 Å². The lowest BCUT2D eigenvalue weighted by Crippen LogP contribution is -2.43. The number of fused-ring (bicyclic) bond motifs is 1. The van der Waals surface area contributed by atoms with Crippen LogP contribution < -0.4 is 0 Å². The van der Waals surface area contributed by atoms with Gasteiger partial charge in [0.15, 0.2) is 0 Å². The van der Waals surface area contributed by atoms with Gasteiger partial charge in [-0.25, -0.2) is 21.2 Å². The minimum atomic E-state index is -3.87. The van der Waals surface area contributed by atoms with Gasteiger partial charge in [-0.05, 0) is 43.5 Å². The van der Waals surface area contributed by atoms with E-state index in [4.69, 9.17) is 0 Å². The first kappa shape index (κ1) is 16.1. The summed E-state index contributed by atoms with van der Waals surface area (Å²) >= 11 is 0. The maximum absolute atomic E-state index is 13.1. The van der Waals surface area contributed by atoms with E-state index in [2.05, 4.69) is 0 Å². The predicted octanol–water partition coefficient (Wildman–Crippen LogP) is 2.52. The molecule has 4 nitrogen and oxygen atoms in total. The van der Waals surface area contributed by atoms with E-state index < -0.39 is 22.0 Å². The zero-order valence-electron chi connectivity index (χ0n) is 12.5. The Labute approximate surface area is 133 Å². The second kappa shape index (κ2) is 5.42. The number of nitrogens with zero attached hydrogens (tertiary/aromatic N) is 1. The van der Waals surface area contributed by atoms with Crippen LogP contribution in [0.5, 0.6) is 0 Å². The lowest BCUT2D eigenvalue weighted by atomic mass is 9.84. The molecule has 0 saturated heterocycles. The SMILES string of the molecule is Cc1ccc(S(=O)(=O)n2ccc3c2CC(O)(C(F)F)CC3)cc1. The molecule has 0 amide bonds. The quantitative estimate of drug-likeness (QED) is 0.933. The summed E-state index contributed by atoms with van der Waals surface area (Å²) in [5.41, 5.74) is -0.331. The van der Waals surface area contributed by atoms with Gasteiger partial charge in [-0.1, -0.05) is 17.7 Å². The van der Waals surface area contributed by atoms with E-state index in [1.807, 2.05) is 6.92 Å². The Morgan fingerprint density at radius 2 is 1.87 bits per heavy atom. The number of benzene rings is 1. The van der Waals surface area contributed by atoms with Crippen LogP contribution in [-0.4, -0.2) is 29.5 Å². The summed E-state index contributed by atoms with van der Waals surface area (Å²) in [6, 6.07) is 7.95. The van der Waals surface area contributed by atoms with Crippen molar-refractivity contribution in [3.05, 3.63) is 53.3 Å². The highest BCUT2D eigenvalue weighted by atomic mass is 32.2. The molecular formula is C16H17F2NO3S. The Morgan fingerprint density at radius 1 is 1.22 bits per heavy atom. The first-order valence-electron chi connectivity index (χ1n) is 7.26. The molecule has 1 aliphatic carbocycles. The van der Waals surface area contributed by atoms with Crippen LogP contribution in [0.15, 0.2) is 41.4 Å². The zero-order chi connectivity index (χ0) is 16.8. The highest BCUT2D eigenvalue weighted by Crippen LogP contribution is 2.35. The fraction of sp³-hybridized carbons (Fsp3) is 0.375. The van der Waals surface area contributed by atoms with E-state index >= 15 is 0 Å². The molecule has 1 N–H and O–H groups in total. The molecule has 1 aromatic carbocycles. The monoisotopic (exact) mass is 341 g/mol. The van der Waals surface area contributed by atoms with Crippen LogP contribution >= 0.6 is 0 Å². The molecule has 0 bridgehead atoms. The third kappa shape index (κ3) is 2.68. The number of aliphatic hydroxyl groups is 1. The Morgan fingerprint density at radius 3 is 2.48 bits per heavy atom. The van der Waals surface area contributed by atoms with Gasteiger partial charge in [0.1, 0.15) is 5.60 Å².